The predicted octanol–water partition coefficient (Wildman–Crippen LogP) is 4.51. The van der Waals surface area contributed by atoms with E-state index in [2.05, 4.69) is 29.6 Å². The highest BCUT2D eigenvalue weighted by atomic mass is 16.5. The quantitative estimate of drug-likeness (QED) is 0.659. The van der Waals surface area contributed by atoms with Crippen molar-refractivity contribution in [2.24, 2.45) is 17.3 Å². The van der Waals surface area contributed by atoms with Gasteiger partial charge in [0.25, 0.3) is 0 Å². The summed E-state index contributed by atoms with van der Waals surface area (Å²) in [5.74, 6) is -1.85. The Morgan fingerprint density at radius 1 is 1.06 bits per heavy atom. The molecule has 0 spiro atoms. The van der Waals surface area contributed by atoms with E-state index in [4.69, 9.17) is 4.74 Å². The number of rotatable bonds is 5. The predicted molar refractivity (Wildman–Crippen MR) is 133 cm³/mol. The van der Waals surface area contributed by atoms with Gasteiger partial charge in [-0.3, -0.25) is 9.59 Å². The summed E-state index contributed by atoms with van der Waals surface area (Å²) in [6, 6.07) is 15.4. The zero-order chi connectivity index (χ0) is 25.3. The van der Waals surface area contributed by atoms with Gasteiger partial charge in [-0.05, 0) is 40.0 Å². The molecule has 2 aromatic rings. The molecule has 1 saturated heterocycles. The Balaban J connectivity index is 1.45. The van der Waals surface area contributed by atoms with Crippen LogP contribution in [0.2, 0.25) is 0 Å². The first kappa shape index (κ1) is 24.8. The number of hydrogen-bond acceptors (Lipinski definition) is 4. The molecular weight excluding hydrogens is 444 g/mol. The van der Waals surface area contributed by atoms with Crippen molar-refractivity contribution in [1.29, 1.82) is 0 Å². The topological polar surface area (TPSA) is 95.9 Å². The summed E-state index contributed by atoms with van der Waals surface area (Å²) in [4.78, 5) is 39.5. The molecule has 186 valence electrons. The Morgan fingerprint density at radius 2 is 1.63 bits per heavy atom. The number of ether oxygens (including phenoxy) is 1. The van der Waals surface area contributed by atoms with Crippen LogP contribution in [0.4, 0.5) is 4.79 Å². The second-order valence-electron chi connectivity index (χ2n) is 10.8. The molecule has 0 bridgehead atoms. The van der Waals surface area contributed by atoms with E-state index in [0.717, 1.165) is 22.3 Å². The van der Waals surface area contributed by atoms with Crippen molar-refractivity contribution in [3.8, 4) is 11.1 Å². The summed E-state index contributed by atoms with van der Waals surface area (Å²) >= 11 is 0. The molecule has 2 aliphatic rings. The SMILES string of the molecule is CC1CCN(C(=O)[C@H](NC(=O)OCC2c3ccccc3-c3ccccc32)C(C)(C)C)CC1C(=O)O. The van der Waals surface area contributed by atoms with Crippen molar-refractivity contribution in [2.45, 2.75) is 46.1 Å². The second-order valence-corrected chi connectivity index (χ2v) is 10.8. The van der Waals surface area contributed by atoms with Crippen molar-refractivity contribution in [1.82, 2.24) is 10.2 Å². The maximum absolute atomic E-state index is 13.4. The van der Waals surface area contributed by atoms with Crippen LogP contribution in [-0.4, -0.2) is 53.7 Å². The molecule has 0 aromatic heterocycles. The average molecular weight is 479 g/mol. The number of alkyl carbamates (subject to hydrolysis) is 1. The van der Waals surface area contributed by atoms with Crippen LogP contribution >= 0.6 is 0 Å². The van der Waals surface area contributed by atoms with Crippen LogP contribution in [-0.2, 0) is 14.3 Å². The van der Waals surface area contributed by atoms with Crippen LogP contribution in [0.5, 0.6) is 0 Å². The van der Waals surface area contributed by atoms with Crippen molar-refractivity contribution in [3.05, 3.63) is 59.7 Å². The van der Waals surface area contributed by atoms with Crippen molar-refractivity contribution >= 4 is 18.0 Å². The molecule has 1 fully saturated rings. The minimum Gasteiger partial charge on any atom is -0.481 e. The van der Waals surface area contributed by atoms with E-state index < -0.39 is 29.4 Å². The molecular formula is C28H34N2O5. The fraction of sp³-hybridized carbons (Fsp3) is 0.464. The van der Waals surface area contributed by atoms with Crippen LogP contribution in [0.1, 0.15) is 51.2 Å². The second kappa shape index (κ2) is 9.72. The minimum absolute atomic E-state index is 0.000252. The molecule has 2 aromatic carbocycles. The number of fused-ring (bicyclic) bond motifs is 3. The number of amides is 2. The molecule has 35 heavy (non-hydrogen) atoms. The van der Waals surface area contributed by atoms with E-state index in [9.17, 15) is 19.5 Å². The Morgan fingerprint density at radius 3 is 2.17 bits per heavy atom. The summed E-state index contributed by atoms with van der Waals surface area (Å²) in [5, 5.41) is 12.3. The van der Waals surface area contributed by atoms with Crippen LogP contribution in [0.15, 0.2) is 48.5 Å². The van der Waals surface area contributed by atoms with Gasteiger partial charge >= 0.3 is 12.1 Å². The van der Waals surface area contributed by atoms with Gasteiger partial charge in [0.15, 0.2) is 0 Å². The lowest BCUT2D eigenvalue weighted by molar-refractivity contribution is -0.149. The van der Waals surface area contributed by atoms with Crippen molar-refractivity contribution < 1.29 is 24.2 Å². The van der Waals surface area contributed by atoms with Crippen LogP contribution in [0.25, 0.3) is 11.1 Å². The minimum atomic E-state index is -0.896. The first-order valence-electron chi connectivity index (χ1n) is 12.2. The van der Waals surface area contributed by atoms with E-state index in [0.29, 0.717) is 13.0 Å². The molecule has 1 aliphatic carbocycles. The number of aliphatic carboxylic acids is 1. The molecule has 3 atom stereocenters. The monoisotopic (exact) mass is 478 g/mol. The van der Waals surface area contributed by atoms with Crippen molar-refractivity contribution in [3.63, 3.8) is 0 Å². The number of likely N-dealkylation sites (tertiary alicyclic amines) is 1. The molecule has 0 saturated carbocycles. The summed E-state index contributed by atoms with van der Waals surface area (Å²) in [6.45, 7) is 8.31. The van der Waals surface area contributed by atoms with E-state index >= 15 is 0 Å². The molecule has 0 radical (unpaired) electrons. The maximum Gasteiger partial charge on any atom is 0.407 e. The number of nitrogens with zero attached hydrogens (tertiary/aromatic N) is 1. The fourth-order valence-corrected chi connectivity index (χ4v) is 5.18. The highest BCUT2D eigenvalue weighted by molar-refractivity contribution is 5.87. The molecule has 2 unspecified atom stereocenters. The number of piperidine rings is 1. The zero-order valence-electron chi connectivity index (χ0n) is 20.8. The van der Waals surface area contributed by atoms with Gasteiger partial charge in [-0.2, -0.15) is 0 Å². The summed E-state index contributed by atoms with van der Waals surface area (Å²) in [5.41, 5.74) is 3.95. The number of carboxylic acids is 1. The molecule has 2 amide bonds. The zero-order valence-corrected chi connectivity index (χ0v) is 20.8. The van der Waals surface area contributed by atoms with Crippen LogP contribution in [0, 0.1) is 17.3 Å². The lowest BCUT2D eigenvalue weighted by Gasteiger charge is -2.39. The largest absolute Gasteiger partial charge is 0.481 e. The summed E-state index contributed by atoms with van der Waals surface area (Å²) in [7, 11) is 0. The van der Waals surface area contributed by atoms with Gasteiger partial charge in [-0.1, -0.05) is 76.2 Å². The molecule has 4 rings (SSSR count). The van der Waals surface area contributed by atoms with Gasteiger partial charge < -0.3 is 20.1 Å². The van der Waals surface area contributed by atoms with Gasteiger partial charge in [-0.15, -0.1) is 0 Å². The van der Waals surface area contributed by atoms with Gasteiger partial charge in [0, 0.05) is 19.0 Å². The number of nitrogens with one attached hydrogen (secondary N) is 1. The molecule has 2 N–H and O–H groups in total. The molecule has 1 heterocycles. The number of carboxylic acid groups (broad SMARTS) is 1. The summed E-state index contributed by atoms with van der Waals surface area (Å²) in [6.07, 6.45) is -0.0369. The normalized spacial score (nSPS) is 20.5. The fourth-order valence-electron chi connectivity index (χ4n) is 5.18. The Hall–Kier alpha value is -3.35. The van der Waals surface area contributed by atoms with E-state index in [1.807, 2.05) is 52.0 Å². The Kier molecular flexibility index (Phi) is 6.88. The van der Waals surface area contributed by atoms with E-state index in [1.165, 1.54) is 0 Å². The van der Waals surface area contributed by atoms with Crippen molar-refractivity contribution in [2.75, 3.05) is 19.7 Å². The summed E-state index contributed by atoms with van der Waals surface area (Å²) < 4.78 is 5.66. The van der Waals surface area contributed by atoms with Gasteiger partial charge in [-0.25, -0.2) is 4.79 Å². The number of carbonyl (C=O) groups excluding carboxylic acids is 2. The molecule has 7 heteroatoms. The van der Waals surface area contributed by atoms with Gasteiger partial charge in [0.2, 0.25) is 5.91 Å². The van der Waals surface area contributed by atoms with Crippen LogP contribution < -0.4 is 5.32 Å². The third-order valence-corrected chi connectivity index (χ3v) is 7.31. The first-order chi connectivity index (χ1) is 16.6. The Labute approximate surface area is 206 Å². The molecule has 1 aliphatic heterocycles. The Bertz CT molecular complexity index is 1080. The smallest absolute Gasteiger partial charge is 0.407 e. The lowest BCUT2D eigenvalue weighted by Crippen LogP contribution is -2.57. The average Bonchev–Trinajstić information content (AvgIpc) is 3.14. The third kappa shape index (κ3) is 5.04. The van der Waals surface area contributed by atoms with E-state index in [1.54, 1.807) is 4.90 Å². The highest BCUT2D eigenvalue weighted by Crippen LogP contribution is 2.44. The lowest BCUT2D eigenvalue weighted by atomic mass is 9.83. The highest BCUT2D eigenvalue weighted by Gasteiger charge is 2.40. The number of hydrogen-bond donors (Lipinski definition) is 2. The van der Waals surface area contributed by atoms with Gasteiger partial charge in [0.1, 0.15) is 12.6 Å². The maximum atomic E-state index is 13.4. The first-order valence-corrected chi connectivity index (χ1v) is 12.2. The van der Waals surface area contributed by atoms with Gasteiger partial charge in [0.05, 0.1) is 5.92 Å². The van der Waals surface area contributed by atoms with E-state index in [-0.39, 0.29) is 30.9 Å². The molecule has 7 nitrogen and oxygen atoms in total. The van der Waals surface area contributed by atoms with Crippen LogP contribution in [0.3, 0.4) is 0 Å². The number of benzene rings is 2. The number of carbonyl (C=O) groups is 3. The standard InChI is InChI=1S/C28H34N2O5/c1-17-13-14-30(15-22(17)26(32)33)25(31)24(28(2,3)4)29-27(34)35-16-23-20-11-7-5-9-18(20)19-10-6-8-12-21(19)23/h5-12,17,22-24H,13-16H2,1-4H3,(H,29,34)(H,32,33)/t17?,22?,24-/m0/s1. The third-order valence-electron chi connectivity index (χ3n) is 7.31.